The molecule has 1 unspecified atom stereocenters. The summed E-state index contributed by atoms with van der Waals surface area (Å²) in [6.07, 6.45) is 5.83. The fourth-order valence-corrected chi connectivity index (χ4v) is 5.24. The van der Waals surface area contributed by atoms with Crippen molar-refractivity contribution in [1.82, 2.24) is 19.4 Å². The summed E-state index contributed by atoms with van der Waals surface area (Å²) >= 11 is 3.14. The Morgan fingerprint density at radius 2 is 2.17 bits per heavy atom. The predicted octanol–water partition coefficient (Wildman–Crippen LogP) is 2.33. The number of nitrogens with zero attached hydrogens (tertiary/aromatic N) is 4. The van der Waals surface area contributed by atoms with Gasteiger partial charge in [0.05, 0.1) is 5.75 Å². The van der Waals surface area contributed by atoms with Crippen LogP contribution >= 0.6 is 23.1 Å². The summed E-state index contributed by atoms with van der Waals surface area (Å²) in [5, 5.41) is 5.01. The normalized spacial score (nSPS) is 16.6. The number of likely N-dealkylation sites (tertiary alicyclic amines) is 1. The molecule has 1 aliphatic rings. The lowest BCUT2D eigenvalue weighted by Gasteiger charge is -2.40. The average molecular weight is 436 g/mol. The number of carbonyl (C=O) groups excluding carboxylic acids is 2. The molecular weight excluding hydrogens is 406 g/mol. The monoisotopic (exact) mass is 435 g/mol. The van der Waals surface area contributed by atoms with Crippen molar-refractivity contribution in [3.8, 4) is 0 Å². The quantitative estimate of drug-likeness (QED) is 0.611. The highest BCUT2D eigenvalue weighted by Gasteiger charge is 2.30. The van der Waals surface area contributed by atoms with Gasteiger partial charge in [-0.1, -0.05) is 11.8 Å². The van der Waals surface area contributed by atoms with E-state index in [2.05, 4.69) is 26.7 Å². The zero-order valence-electron chi connectivity index (χ0n) is 17.0. The number of hydrogen-bond acceptors (Lipinski definition) is 6. The largest absolute Gasteiger partial charge is 0.370 e. The Kier molecular flexibility index (Phi) is 7.74. The van der Waals surface area contributed by atoms with Gasteiger partial charge in [-0.25, -0.2) is 4.98 Å². The van der Waals surface area contributed by atoms with Crippen LogP contribution in [-0.2, 0) is 23.2 Å². The van der Waals surface area contributed by atoms with Crippen LogP contribution in [0.1, 0.15) is 31.7 Å². The molecule has 1 fully saturated rings. The SMILES string of the molecule is CC(CC(N)=O)N1CCC(N(Cc2ccsc2)C(=O)CSc2nccn2C)CC1. The van der Waals surface area contributed by atoms with Crippen molar-refractivity contribution >= 4 is 34.9 Å². The third-order valence-electron chi connectivity index (χ3n) is 5.41. The third-order valence-corrected chi connectivity index (χ3v) is 7.19. The van der Waals surface area contributed by atoms with Gasteiger partial charge in [0.2, 0.25) is 11.8 Å². The zero-order chi connectivity index (χ0) is 20.8. The van der Waals surface area contributed by atoms with E-state index in [0.29, 0.717) is 18.7 Å². The summed E-state index contributed by atoms with van der Waals surface area (Å²) in [4.78, 5) is 33.0. The number of amides is 2. The Balaban J connectivity index is 1.62. The third kappa shape index (κ3) is 6.07. The topological polar surface area (TPSA) is 84.5 Å². The number of thiophene rings is 1. The van der Waals surface area contributed by atoms with E-state index in [1.807, 2.05) is 29.6 Å². The van der Waals surface area contributed by atoms with Crippen LogP contribution in [0, 0.1) is 0 Å². The van der Waals surface area contributed by atoms with E-state index in [1.165, 1.54) is 17.3 Å². The minimum absolute atomic E-state index is 0.146. The van der Waals surface area contributed by atoms with Crippen molar-refractivity contribution < 1.29 is 9.59 Å². The van der Waals surface area contributed by atoms with Gasteiger partial charge < -0.3 is 15.2 Å². The lowest BCUT2D eigenvalue weighted by Crippen LogP contribution is -2.50. The first-order valence-electron chi connectivity index (χ1n) is 9.87. The molecular formula is C20H29N5O2S2. The van der Waals surface area contributed by atoms with Crippen LogP contribution in [0.4, 0.5) is 0 Å². The molecule has 3 heterocycles. The number of carbonyl (C=O) groups is 2. The van der Waals surface area contributed by atoms with Gasteiger partial charge in [-0.3, -0.25) is 14.5 Å². The summed E-state index contributed by atoms with van der Waals surface area (Å²) < 4.78 is 1.93. The molecule has 0 saturated carbocycles. The summed E-state index contributed by atoms with van der Waals surface area (Å²) in [5.74, 6) is 0.265. The van der Waals surface area contributed by atoms with Gasteiger partial charge in [-0.15, -0.1) is 0 Å². The molecule has 0 spiro atoms. The number of imidazole rings is 1. The van der Waals surface area contributed by atoms with E-state index in [4.69, 9.17) is 5.73 Å². The van der Waals surface area contributed by atoms with Gasteiger partial charge in [-0.2, -0.15) is 11.3 Å². The van der Waals surface area contributed by atoms with Crippen LogP contribution in [-0.4, -0.2) is 62.1 Å². The number of aryl methyl sites for hydroxylation is 1. The van der Waals surface area contributed by atoms with Crippen LogP contribution in [0.25, 0.3) is 0 Å². The number of hydrogen-bond donors (Lipinski definition) is 1. The van der Waals surface area contributed by atoms with Crippen molar-refractivity contribution in [3.05, 3.63) is 34.8 Å². The number of primary amides is 1. The van der Waals surface area contributed by atoms with Crippen molar-refractivity contribution in [2.45, 2.75) is 50.0 Å². The molecule has 0 aromatic carbocycles. The van der Waals surface area contributed by atoms with E-state index in [1.54, 1.807) is 17.5 Å². The minimum Gasteiger partial charge on any atom is -0.370 e. The van der Waals surface area contributed by atoms with Gasteiger partial charge in [-0.05, 0) is 42.2 Å². The Labute approximate surface area is 180 Å². The molecule has 2 N–H and O–H groups in total. The highest BCUT2D eigenvalue weighted by atomic mass is 32.2. The van der Waals surface area contributed by atoms with Crippen LogP contribution in [0.15, 0.2) is 34.4 Å². The Morgan fingerprint density at radius 1 is 1.41 bits per heavy atom. The molecule has 2 amide bonds. The van der Waals surface area contributed by atoms with E-state index in [-0.39, 0.29) is 23.9 Å². The minimum atomic E-state index is -0.264. The molecule has 1 saturated heterocycles. The molecule has 3 rings (SSSR count). The lowest BCUT2D eigenvalue weighted by atomic mass is 10.00. The molecule has 158 valence electrons. The number of nitrogens with two attached hydrogens (primary N) is 1. The summed E-state index contributed by atoms with van der Waals surface area (Å²) in [6, 6.07) is 2.44. The molecule has 9 heteroatoms. The standard InChI is InChI=1S/C20H29N5O2S2/c1-15(11-18(21)26)24-7-3-17(4-8-24)25(12-16-5-10-28-13-16)19(27)14-29-20-22-6-9-23(20)2/h5-6,9-10,13,15,17H,3-4,7-8,11-12,14H2,1-2H3,(H2,21,26). The van der Waals surface area contributed by atoms with Crippen LogP contribution in [0.5, 0.6) is 0 Å². The Morgan fingerprint density at radius 3 is 2.76 bits per heavy atom. The molecule has 0 radical (unpaired) electrons. The molecule has 7 nitrogen and oxygen atoms in total. The second kappa shape index (κ2) is 10.3. The maximum absolute atomic E-state index is 13.1. The smallest absolute Gasteiger partial charge is 0.233 e. The van der Waals surface area contributed by atoms with Crippen LogP contribution in [0.3, 0.4) is 0 Å². The predicted molar refractivity (Wildman–Crippen MR) is 117 cm³/mol. The fraction of sp³-hybridized carbons (Fsp3) is 0.550. The number of aromatic nitrogens is 2. The van der Waals surface area contributed by atoms with Crippen LogP contribution < -0.4 is 5.73 Å². The second-order valence-corrected chi connectivity index (χ2v) is 9.27. The first-order chi connectivity index (χ1) is 13.9. The maximum Gasteiger partial charge on any atom is 0.233 e. The zero-order valence-corrected chi connectivity index (χ0v) is 18.6. The number of rotatable bonds is 9. The average Bonchev–Trinajstić information content (AvgIpc) is 3.35. The van der Waals surface area contributed by atoms with E-state index < -0.39 is 0 Å². The van der Waals surface area contributed by atoms with Gasteiger partial charge in [0.25, 0.3) is 0 Å². The number of thioether (sulfide) groups is 1. The molecule has 1 aliphatic heterocycles. The van der Waals surface area contributed by atoms with Crippen molar-refractivity contribution in [2.24, 2.45) is 12.8 Å². The molecule has 2 aromatic rings. The van der Waals surface area contributed by atoms with Gasteiger partial charge in [0.1, 0.15) is 0 Å². The molecule has 0 bridgehead atoms. The molecule has 1 atom stereocenters. The summed E-state index contributed by atoms with van der Waals surface area (Å²) in [7, 11) is 1.94. The van der Waals surface area contributed by atoms with Crippen molar-refractivity contribution in [2.75, 3.05) is 18.8 Å². The fourth-order valence-electron chi connectivity index (χ4n) is 3.76. The Hall–Kier alpha value is -1.84. The van der Waals surface area contributed by atoms with Gasteiger partial charge >= 0.3 is 0 Å². The van der Waals surface area contributed by atoms with Crippen molar-refractivity contribution in [1.29, 1.82) is 0 Å². The first kappa shape index (κ1) is 21.9. The summed E-state index contributed by atoms with van der Waals surface area (Å²) in [6.45, 7) is 4.44. The van der Waals surface area contributed by atoms with Gasteiger partial charge in [0, 0.05) is 57.6 Å². The maximum atomic E-state index is 13.1. The first-order valence-corrected chi connectivity index (χ1v) is 11.8. The van der Waals surface area contributed by atoms with Crippen molar-refractivity contribution in [3.63, 3.8) is 0 Å². The second-order valence-electron chi connectivity index (χ2n) is 7.55. The highest BCUT2D eigenvalue weighted by Crippen LogP contribution is 2.24. The Bertz CT molecular complexity index is 800. The summed E-state index contributed by atoms with van der Waals surface area (Å²) in [5.41, 5.74) is 6.52. The van der Waals surface area contributed by atoms with E-state index in [9.17, 15) is 9.59 Å². The van der Waals surface area contributed by atoms with Crippen LogP contribution in [0.2, 0.25) is 0 Å². The molecule has 2 aromatic heterocycles. The van der Waals surface area contributed by atoms with Gasteiger partial charge in [0.15, 0.2) is 5.16 Å². The van der Waals surface area contributed by atoms with E-state index in [0.717, 1.165) is 31.1 Å². The molecule has 29 heavy (non-hydrogen) atoms. The number of piperidine rings is 1. The van der Waals surface area contributed by atoms with E-state index >= 15 is 0 Å². The molecule has 0 aliphatic carbocycles. The lowest BCUT2D eigenvalue weighted by molar-refractivity contribution is -0.132. The highest BCUT2D eigenvalue weighted by molar-refractivity contribution is 7.99.